The average molecular weight is 467 g/mol. The van der Waals surface area contributed by atoms with Gasteiger partial charge >= 0.3 is 0 Å². The summed E-state index contributed by atoms with van der Waals surface area (Å²) in [5.41, 5.74) is 9.13. The van der Waals surface area contributed by atoms with Crippen LogP contribution >= 0.6 is 11.3 Å². The predicted octanol–water partition coefficient (Wildman–Crippen LogP) is 3.89. The van der Waals surface area contributed by atoms with Gasteiger partial charge in [0.15, 0.2) is 5.13 Å². The molecule has 7 nitrogen and oxygen atoms in total. The molecule has 1 saturated heterocycles. The number of nitrogens with zero attached hydrogens (tertiary/aromatic N) is 5. The minimum Gasteiger partial charge on any atom is -0.506 e. The van der Waals surface area contributed by atoms with Crippen molar-refractivity contribution in [3.8, 4) is 5.75 Å². The Labute approximate surface area is 199 Å². The smallest absolute Gasteiger partial charge is 0.180 e. The van der Waals surface area contributed by atoms with Crippen molar-refractivity contribution in [3.63, 3.8) is 0 Å². The van der Waals surface area contributed by atoms with Crippen molar-refractivity contribution in [2.45, 2.75) is 38.6 Å². The number of aromatic hydroxyl groups is 1. The zero-order chi connectivity index (χ0) is 22.8. The van der Waals surface area contributed by atoms with Crippen LogP contribution in [0.3, 0.4) is 0 Å². The van der Waals surface area contributed by atoms with E-state index in [1.54, 1.807) is 23.6 Å². The molecule has 0 saturated carbocycles. The minimum absolute atomic E-state index is 0.248. The van der Waals surface area contributed by atoms with E-state index in [9.17, 15) is 5.11 Å². The summed E-state index contributed by atoms with van der Waals surface area (Å²) in [6.45, 7) is 9.64. The van der Waals surface area contributed by atoms with Crippen molar-refractivity contribution in [1.29, 1.82) is 0 Å². The number of phenolic OH excluding ortho intramolecular Hbond substituents is 1. The monoisotopic (exact) mass is 466 g/mol. The Hall–Kier alpha value is -2.42. The number of hydrogen-bond acceptors (Lipinski definition) is 8. The van der Waals surface area contributed by atoms with Gasteiger partial charge in [-0.05, 0) is 44.4 Å². The molecule has 1 aromatic carbocycles. The molecule has 2 aromatic heterocycles. The first-order valence-corrected chi connectivity index (χ1v) is 13.0. The van der Waals surface area contributed by atoms with E-state index >= 15 is 0 Å². The summed E-state index contributed by atoms with van der Waals surface area (Å²) in [5.74, 6) is 0.248. The third-order valence-electron chi connectivity index (χ3n) is 7.03. The second kappa shape index (κ2) is 9.83. The standard InChI is InChI=1S/C25H34N6OS/c1-2-11-30(21-7-4-6-19-24(21)33-25(26)28-19)15-12-29-13-16-31(17-14-29)20-9-10-27-23-18(20)5-3-8-22(23)32/h3,5,8-10,21,32H,2,4,6-7,11-17H2,1H3,(H2,26,28). The molecule has 3 heterocycles. The lowest BCUT2D eigenvalue weighted by Crippen LogP contribution is -2.49. The SMILES string of the molecule is CCCN(CCN1CCN(c2ccnc3c(O)cccc23)CC1)C1CCCc2nc(N)sc21. The van der Waals surface area contributed by atoms with E-state index in [2.05, 4.69) is 43.7 Å². The molecule has 1 fully saturated rings. The van der Waals surface area contributed by atoms with Gasteiger partial charge in [-0.25, -0.2) is 4.98 Å². The van der Waals surface area contributed by atoms with Crippen LogP contribution < -0.4 is 10.6 Å². The highest BCUT2D eigenvalue weighted by Crippen LogP contribution is 2.39. The molecule has 0 spiro atoms. The number of nitrogen functional groups attached to an aromatic ring is 1. The molecule has 3 aromatic rings. The van der Waals surface area contributed by atoms with Crippen molar-refractivity contribution in [3.05, 3.63) is 41.0 Å². The Balaban J connectivity index is 1.21. The molecule has 33 heavy (non-hydrogen) atoms. The van der Waals surface area contributed by atoms with Crippen molar-refractivity contribution in [2.24, 2.45) is 0 Å². The normalized spacial score (nSPS) is 19.3. The first-order valence-electron chi connectivity index (χ1n) is 12.2. The second-order valence-corrected chi connectivity index (χ2v) is 10.2. The van der Waals surface area contributed by atoms with Crippen molar-refractivity contribution >= 4 is 33.1 Å². The second-order valence-electron chi connectivity index (χ2n) is 9.14. The highest BCUT2D eigenvalue weighted by atomic mass is 32.1. The lowest BCUT2D eigenvalue weighted by atomic mass is 9.96. The van der Waals surface area contributed by atoms with Gasteiger partial charge in [-0.2, -0.15) is 0 Å². The number of anilines is 2. The highest BCUT2D eigenvalue weighted by molar-refractivity contribution is 7.15. The van der Waals surface area contributed by atoms with Crippen LogP contribution in [0.2, 0.25) is 0 Å². The largest absolute Gasteiger partial charge is 0.506 e. The highest BCUT2D eigenvalue weighted by Gasteiger charge is 2.29. The van der Waals surface area contributed by atoms with Crippen LogP contribution in [0.5, 0.6) is 5.75 Å². The Morgan fingerprint density at radius 3 is 2.85 bits per heavy atom. The van der Waals surface area contributed by atoms with Gasteiger partial charge < -0.3 is 15.7 Å². The zero-order valence-corrected chi connectivity index (χ0v) is 20.2. The van der Waals surface area contributed by atoms with Gasteiger partial charge in [-0.15, -0.1) is 11.3 Å². The Kier molecular flexibility index (Phi) is 6.66. The molecule has 5 rings (SSSR count). The number of hydrogen-bond donors (Lipinski definition) is 2. The summed E-state index contributed by atoms with van der Waals surface area (Å²) in [6.07, 6.45) is 6.45. The molecule has 0 bridgehead atoms. The number of benzene rings is 1. The molecule has 0 radical (unpaired) electrons. The number of nitrogens with two attached hydrogens (primary N) is 1. The summed E-state index contributed by atoms with van der Waals surface area (Å²) in [6, 6.07) is 8.20. The van der Waals surface area contributed by atoms with Crippen molar-refractivity contribution in [2.75, 3.05) is 56.4 Å². The van der Waals surface area contributed by atoms with Crippen LogP contribution in [0.15, 0.2) is 30.5 Å². The van der Waals surface area contributed by atoms with Gasteiger partial charge in [-0.1, -0.05) is 19.1 Å². The molecule has 1 unspecified atom stereocenters. The quantitative estimate of drug-likeness (QED) is 0.547. The van der Waals surface area contributed by atoms with E-state index in [1.807, 2.05) is 6.07 Å². The number of aromatic nitrogens is 2. The van der Waals surface area contributed by atoms with Crippen molar-refractivity contribution in [1.82, 2.24) is 19.8 Å². The Bertz CT molecular complexity index is 1090. The number of rotatable bonds is 7. The fraction of sp³-hybridized carbons (Fsp3) is 0.520. The van der Waals surface area contributed by atoms with Crippen LogP contribution in [-0.4, -0.2) is 70.7 Å². The summed E-state index contributed by atoms with van der Waals surface area (Å²) in [7, 11) is 0. The molecular formula is C25H34N6OS. The van der Waals surface area contributed by atoms with E-state index in [0.717, 1.165) is 69.2 Å². The van der Waals surface area contributed by atoms with Gasteiger partial charge in [-0.3, -0.25) is 14.8 Å². The van der Waals surface area contributed by atoms with E-state index in [0.29, 0.717) is 11.6 Å². The summed E-state index contributed by atoms with van der Waals surface area (Å²) < 4.78 is 0. The fourth-order valence-corrected chi connectivity index (χ4v) is 6.43. The number of phenols is 1. The minimum atomic E-state index is 0.248. The first-order chi connectivity index (χ1) is 16.1. The maximum atomic E-state index is 10.2. The molecule has 176 valence electrons. The van der Waals surface area contributed by atoms with Gasteiger partial charge in [0.1, 0.15) is 11.3 Å². The first kappa shape index (κ1) is 22.4. The Morgan fingerprint density at radius 1 is 1.18 bits per heavy atom. The predicted molar refractivity (Wildman–Crippen MR) is 136 cm³/mol. The maximum absolute atomic E-state index is 10.2. The number of pyridine rings is 1. The number of piperazine rings is 1. The third kappa shape index (κ3) is 4.65. The molecular weight excluding hydrogens is 432 g/mol. The lowest BCUT2D eigenvalue weighted by molar-refractivity contribution is 0.146. The number of para-hydroxylation sites is 1. The number of fused-ring (bicyclic) bond motifs is 2. The van der Waals surface area contributed by atoms with Crippen molar-refractivity contribution < 1.29 is 5.11 Å². The molecule has 2 aliphatic rings. The van der Waals surface area contributed by atoms with E-state index in [4.69, 9.17) is 5.73 Å². The number of thiazole rings is 1. The van der Waals surface area contributed by atoms with Crippen LogP contribution in [-0.2, 0) is 6.42 Å². The number of aryl methyl sites for hydroxylation is 1. The van der Waals surface area contributed by atoms with E-state index in [-0.39, 0.29) is 5.75 Å². The maximum Gasteiger partial charge on any atom is 0.180 e. The molecule has 1 atom stereocenters. The molecule has 1 aliphatic carbocycles. The van der Waals surface area contributed by atoms with Gasteiger partial charge in [0.05, 0.1) is 5.69 Å². The molecule has 1 aliphatic heterocycles. The fourth-order valence-electron chi connectivity index (χ4n) is 5.38. The Morgan fingerprint density at radius 2 is 2.03 bits per heavy atom. The lowest BCUT2D eigenvalue weighted by Gasteiger charge is -2.39. The van der Waals surface area contributed by atoms with E-state index < -0.39 is 0 Å². The summed E-state index contributed by atoms with van der Waals surface area (Å²) >= 11 is 1.70. The van der Waals surface area contributed by atoms with Gasteiger partial charge in [0.25, 0.3) is 0 Å². The zero-order valence-electron chi connectivity index (χ0n) is 19.4. The average Bonchev–Trinajstić information content (AvgIpc) is 3.22. The van der Waals surface area contributed by atoms with Gasteiger partial charge in [0.2, 0.25) is 0 Å². The van der Waals surface area contributed by atoms with Crippen LogP contribution in [0.25, 0.3) is 10.9 Å². The van der Waals surface area contributed by atoms with Gasteiger partial charge in [0, 0.05) is 67.5 Å². The third-order valence-corrected chi connectivity index (χ3v) is 8.06. The summed E-state index contributed by atoms with van der Waals surface area (Å²) in [4.78, 5) is 18.1. The van der Waals surface area contributed by atoms with Crippen LogP contribution in [0.4, 0.5) is 10.8 Å². The van der Waals surface area contributed by atoms with Crippen LogP contribution in [0, 0.1) is 0 Å². The molecule has 3 N–H and O–H groups in total. The molecule has 8 heteroatoms. The topological polar surface area (TPSA) is 81.8 Å². The van der Waals surface area contributed by atoms with Crippen LogP contribution in [0.1, 0.15) is 42.8 Å². The summed E-state index contributed by atoms with van der Waals surface area (Å²) in [5, 5.41) is 11.9. The molecule has 0 amide bonds. The van der Waals surface area contributed by atoms with E-state index in [1.165, 1.54) is 29.1 Å².